The maximum atomic E-state index is 6.07. The fraction of sp³-hybridized carbons (Fsp3) is 0.667. The van der Waals surface area contributed by atoms with E-state index in [9.17, 15) is 0 Å². The van der Waals surface area contributed by atoms with E-state index in [1.807, 2.05) is 0 Å². The lowest BCUT2D eigenvalue weighted by atomic mass is 9.86. The molecular formula is C18H28N2O. The summed E-state index contributed by atoms with van der Waals surface area (Å²) in [6, 6.07) is 11.4. The van der Waals surface area contributed by atoms with Crippen LogP contribution >= 0.6 is 0 Å². The van der Waals surface area contributed by atoms with Crippen LogP contribution in [0.1, 0.15) is 39.2 Å². The van der Waals surface area contributed by atoms with Crippen molar-refractivity contribution in [1.82, 2.24) is 10.2 Å². The maximum Gasteiger partial charge on any atom is 0.0706 e. The van der Waals surface area contributed by atoms with Crippen molar-refractivity contribution in [2.24, 2.45) is 0 Å². The van der Waals surface area contributed by atoms with Crippen LogP contribution in [0.25, 0.3) is 0 Å². The molecule has 3 rings (SSSR count). The van der Waals surface area contributed by atoms with Gasteiger partial charge in [-0.05, 0) is 39.2 Å². The average molecular weight is 288 g/mol. The summed E-state index contributed by atoms with van der Waals surface area (Å²) in [7, 11) is 0. The van der Waals surface area contributed by atoms with E-state index in [1.54, 1.807) is 0 Å². The van der Waals surface area contributed by atoms with Crippen LogP contribution in [-0.4, -0.2) is 42.8 Å². The Morgan fingerprint density at radius 3 is 2.67 bits per heavy atom. The molecule has 0 amide bonds. The van der Waals surface area contributed by atoms with Gasteiger partial charge in [-0.25, -0.2) is 0 Å². The minimum absolute atomic E-state index is 0.0585. The molecule has 2 aliphatic rings. The van der Waals surface area contributed by atoms with Gasteiger partial charge in [-0.15, -0.1) is 0 Å². The first-order chi connectivity index (χ1) is 10.1. The van der Waals surface area contributed by atoms with Crippen molar-refractivity contribution < 1.29 is 4.74 Å². The fourth-order valence-electron chi connectivity index (χ4n) is 3.70. The minimum atomic E-state index is 0.0585. The predicted molar refractivity (Wildman–Crippen MR) is 86.4 cm³/mol. The lowest BCUT2D eigenvalue weighted by molar-refractivity contribution is -0.0176. The molecule has 0 aromatic heterocycles. The highest BCUT2D eigenvalue weighted by Crippen LogP contribution is 2.32. The van der Waals surface area contributed by atoms with Gasteiger partial charge in [-0.2, -0.15) is 0 Å². The number of hydrogen-bond acceptors (Lipinski definition) is 3. The summed E-state index contributed by atoms with van der Waals surface area (Å²) in [4.78, 5) is 2.63. The molecule has 3 nitrogen and oxygen atoms in total. The second-order valence-electron chi connectivity index (χ2n) is 6.97. The summed E-state index contributed by atoms with van der Waals surface area (Å²) < 4.78 is 6.07. The molecule has 0 radical (unpaired) electrons. The van der Waals surface area contributed by atoms with Crippen molar-refractivity contribution in [3.8, 4) is 0 Å². The molecule has 4 atom stereocenters. The zero-order valence-electron chi connectivity index (χ0n) is 13.5. The van der Waals surface area contributed by atoms with Crippen LogP contribution in [0.3, 0.4) is 0 Å². The third-order valence-electron chi connectivity index (χ3n) is 5.13. The number of ether oxygens (including phenoxy) is 1. The zero-order chi connectivity index (χ0) is 14.9. The normalized spacial score (nSPS) is 37.8. The average Bonchev–Trinajstić information content (AvgIpc) is 2.89. The molecular weight excluding hydrogens is 260 g/mol. The van der Waals surface area contributed by atoms with E-state index in [4.69, 9.17) is 4.74 Å². The van der Waals surface area contributed by atoms with Gasteiger partial charge in [0.2, 0.25) is 0 Å². The van der Waals surface area contributed by atoms with E-state index >= 15 is 0 Å². The minimum Gasteiger partial charge on any atom is -0.374 e. The number of benzene rings is 1. The smallest absolute Gasteiger partial charge is 0.0706 e. The van der Waals surface area contributed by atoms with Crippen molar-refractivity contribution >= 4 is 0 Å². The van der Waals surface area contributed by atoms with E-state index in [1.165, 1.54) is 18.4 Å². The topological polar surface area (TPSA) is 24.5 Å². The van der Waals surface area contributed by atoms with E-state index in [0.717, 1.165) is 19.6 Å². The van der Waals surface area contributed by atoms with Crippen LogP contribution in [-0.2, 0) is 10.3 Å². The highest BCUT2D eigenvalue weighted by atomic mass is 16.5. The van der Waals surface area contributed by atoms with Gasteiger partial charge in [0.25, 0.3) is 0 Å². The predicted octanol–water partition coefficient (Wildman–Crippen LogP) is 2.76. The quantitative estimate of drug-likeness (QED) is 0.925. The van der Waals surface area contributed by atoms with E-state index in [-0.39, 0.29) is 5.54 Å². The van der Waals surface area contributed by atoms with Gasteiger partial charge in [0.1, 0.15) is 0 Å². The first kappa shape index (κ1) is 15.0. The number of piperazine rings is 1. The van der Waals surface area contributed by atoms with Gasteiger partial charge >= 0.3 is 0 Å². The molecule has 1 aromatic rings. The van der Waals surface area contributed by atoms with Crippen molar-refractivity contribution in [3.63, 3.8) is 0 Å². The van der Waals surface area contributed by atoms with Gasteiger partial charge < -0.3 is 10.1 Å². The summed E-state index contributed by atoms with van der Waals surface area (Å²) in [5, 5.41) is 3.65. The number of nitrogens with one attached hydrogen (secondary N) is 1. The number of rotatable bonds is 3. The van der Waals surface area contributed by atoms with Crippen LogP contribution in [0.5, 0.6) is 0 Å². The first-order valence-electron chi connectivity index (χ1n) is 8.27. The molecule has 4 unspecified atom stereocenters. The van der Waals surface area contributed by atoms with Gasteiger partial charge in [0.05, 0.1) is 17.7 Å². The molecule has 2 heterocycles. The Hall–Kier alpha value is -0.900. The van der Waals surface area contributed by atoms with Crippen LogP contribution in [0.2, 0.25) is 0 Å². The van der Waals surface area contributed by atoms with Gasteiger partial charge in [0, 0.05) is 25.7 Å². The van der Waals surface area contributed by atoms with E-state index < -0.39 is 0 Å². The summed E-state index contributed by atoms with van der Waals surface area (Å²) in [6.45, 7) is 9.95. The molecule has 1 N–H and O–H groups in total. The molecule has 2 saturated heterocycles. The largest absolute Gasteiger partial charge is 0.374 e. The van der Waals surface area contributed by atoms with Crippen molar-refractivity contribution in [2.75, 3.05) is 19.6 Å². The van der Waals surface area contributed by atoms with Crippen LogP contribution in [0, 0.1) is 0 Å². The van der Waals surface area contributed by atoms with Gasteiger partial charge in [-0.1, -0.05) is 30.3 Å². The molecule has 2 fully saturated rings. The molecule has 0 aliphatic carbocycles. The molecule has 2 aliphatic heterocycles. The molecule has 0 bridgehead atoms. The second kappa shape index (κ2) is 6.07. The standard InChI is InChI=1S/C18H28N2O/c1-14-11-20(12-17-10-9-15(2)21-17)18(3,13-19-14)16-7-5-4-6-8-16/h4-8,14-15,17,19H,9-13H2,1-3H3. The monoisotopic (exact) mass is 288 g/mol. The Morgan fingerprint density at radius 2 is 2.00 bits per heavy atom. The Bertz CT molecular complexity index is 464. The molecule has 3 heteroatoms. The highest BCUT2D eigenvalue weighted by Gasteiger charge is 2.39. The summed E-state index contributed by atoms with van der Waals surface area (Å²) in [6.07, 6.45) is 3.23. The van der Waals surface area contributed by atoms with Crippen molar-refractivity contribution in [2.45, 2.75) is 57.4 Å². The Kier molecular flexibility index (Phi) is 4.34. The molecule has 116 valence electrons. The second-order valence-corrected chi connectivity index (χ2v) is 6.97. The Morgan fingerprint density at radius 1 is 1.24 bits per heavy atom. The van der Waals surface area contributed by atoms with E-state index in [2.05, 4.69) is 61.3 Å². The van der Waals surface area contributed by atoms with Gasteiger partial charge in [0.15, 0.2) is 0 Å². The third kappa shape index (κ3) is 3.15. The molecule has 0 saturated carbocycles. The third-order valence-corrected chi connectivity index (χ3v) is 5.13. The zero-order valence-corrected chi connectivity index (χ0v) is 13.5. The van der Waals surface area contributed by atoms with Crippen LogP contribution in [0.4, 0.5) is 0 Å². The molecule has 21 heavy (non-hydrogen) atoms. The maximum absolute atomic E-state index is 6.07. The van der Waals surface area contributed by atoms with Gasteiger partial charge in [-0.3, -0.25) is 4.90 Å². The Labute approximate surface area is 128 Å². The summed E-state index contributed by atoms with van der Waals surface area (Å²) in [5.74, 6) is 0. The SMILES string of the molecule is CC1CN(CC2CCC(C)O2)C(C)(c2ccccc2)CN1. The summed E-state index contributed by atoms with van der Waals surface area (Å²) >= 11 is 0. The lowest BCUT2D eigenvalue weighted by Crippen LogP contribution is -2.62. The molecule has 0 spiro atoms. The highest BCUT2D eigenvalue weighted by molar-refractivity contribution is 5.25. The lowest BCUT2D eigenvalue weighted by Gasteiger charge is -2.48. The number of hydrogen-bond donors (Lipinski definition) is 1. The van der Waals surface area contributed by atoms with Crippen molar-refractivity contribution in [1.29, 1.82) is 0 Å². The first-order valence-corrected chi connectivity index (χ1v) is 8.27. The molecule has 1 aromatic carbocycles. The Balaban J connectivity index is 1.79. The summed E-state index contributed by atoms with van der Waals surface area (Å²) in [5.41, 5.74) is 1.46. The van der Waals surface area contributed by atoms with Crippen molar-refractivity contribution in [3.05, 3.63) is 35.9 Å². The fourth-order valence-corrected chi connectivity index (χ4v) is 3.70. The van der Waals surface area contributed by atoms with E-state index in [0.29, 0.717) is 18.2 Å². The number of nitrogens with zero attached hydrogens (tertiary/aromatic N) is 1. The van der Waals surface area contributed by atoms with Crippen LogP contribution < -0.4 is 5.32 Å². The van der Waals surface area contributed by atoms with Crippen LogP contribution in [0.15, 0.2) is 30.3 Å².